The SMILES string of the molecule is COc1ccc(Nc2cc(Nc3cccc(Cl)c3)ncn2)cc1. The Labute approximate surface area is 139 Å². The van der Waals surface area contributed by atoms with Crippen molar-refractivity contribution in [2.75, 3.05) is 17.7 Å². The van der Waals surface area contributed by atoms with Gasteiger partial charge in [-0.2, -0.15) is 0 Å². The average molecular weight is 327 g/mol. The van der Waals surface area contributed by atoms with Crippen molar-refractivity contribution in [2.45, 2.75) is 0 Å². The van der Waals surface area contributed by atoms with Crippen LogP contribution in [0.2, 0.25) is 5.02 Å². The van der Waals surface area contributed by atoms with E-state index in [1.165, 1.54) is 6.33 Å². The Bertz CT molecular complexity index is 793. The summed E-state index contributed by atoms with van der Waals surface area (Å²) >= 11 is 5.98. The molecule has 0 fully saturated rings. The molecule has 0 atom stereocenters. The predicted octanol–water partition coefficient (Wildman–Crippen LogP) is 4.63. The molecule has 0 saturated heterocycles. The molecule has 0 bridgehead atoms. The molecule has 0 amide bonds. The first-order valence-corrected chi connectivity index (χ1v) is 7.36. The van der Waals surface area contributed by atoms with E-state index in [1.807, 2.05) is 54.6 Å². The van der Waals surface area contributed by atoms with E-state index in [4.69, 9.17) is 16.3 Å². The van der Waals surface area contributed by atoms with Crippen molar-refractivity contribution in [2.24, 2.45) is 0 Å². The van der Waals surface area contributed by atoms with Gasteiger partial charge in [0.1, 0.15) is 23.7 Å². The zero-order valence-corrected chi connectivity index (χ0v) is 13.2. The maximum absolute atomic E-state index is 5.98. The van der Waals surface area contributed by atoms with Crippen molar-refractivity contribution in [1.82, 2.24) is 9.97 Å². The van der Waals surface area contributed by atoms with Crippen molar-refractivity contribution >= 4 is 34.6 Å². The number of benzene rings is 2. The van der Waals surface area contributed by atoms with Gasteiger partial charge in [0, 0.05) is 22.5 Å². The van der Waals surface area contributed by atoms with E-state index >= 15 is 0 Å². The fourth-order valence-electron chi connectivity index (χ4n) is 2.03. The third-order valence-corrected chi connectivity index (χ3v) is 3.36. The van der Waals surface area contributed by atoms with E-state index in [0.29, 0.717) is 16.7 Å². The summed E-state index contributed by atoms with van der Waals surface area (Å²) in [4.78, 5) is 8.42. The fraction of sp³-hybridized carbons (Fsp3) is 0.0588. The van der Waals surface area contributed by atoms with Crippen molar-refractivity contribution in [3.8, 4) is 5.75 Å². The summed E-state index contributed by atoms with van der Waals surface area (Å²) in [5.41, 5.74) is 1.78. The lowest BCUT2D eigenvalue weighted by molar-refractivity contribution is 0.415. The van der Waals surface area contributed by atoms with Gasteiger partial charge >= 0.3 is 0 Å². The zero-order chi connectivity index (χ0) is 16.1. The first-order chi connectivity index (χ1) is 11.2. The van der Waals surface area contributed by atoms with Gasteiger partial charge in [0.15, 0.2) is 0 Å². The lowest BCUT2D eigenvalue weighted by Crippen LogP contribution is -1.98. The molecule has 116 valence electrons. The molecule has 0 spiro atoms. The topological polar surface area (TPSA) is 59.1 Å². The van der Waals surface area contributed by atoms with Gasteiger partial charge in [0.25, 0.3) is 0 Å². The Hall–Kier alpha value is -2.79. The molecule has 0 radical (unpaired) electrons. The highest BCUT2D eigenvalue weighted by Crippen LogP contribution is 2.22. The van der Waals surface area contributed by atoms with Crippen LogP contribution in [0, 0.1) is 0 Å². The van der Waals surface area contributed by atoms with Crippen LogP contribution in [0.25, 0.3) is 0 Å². The largest absolute Gasteiger partial charge is 0.497 e. The van der Waals surface area contributed by atoms with Crippen molar-refractivity contribution in [1.29, 1.82) is 0 Å². The Kier molecular flexibility index (Phi) is 4.59. The number of hydrogen-bond acceptors (Lipinski definition) is 5. The van der Waals surface area contributed by atoms with E-state index in [9.17, 15) is 0 Å². The first-order valence-electron chi connectivity index (χ1n) is 6.99. The normalized spacial score (nSPS) is 10.2. The number of rotatable bonds is 5. The molecule has 3 rings (SSSR count). The second-order valence-corrected chi connectivity index (χ2v) is 5.21. The summed E-state index contributed by atoms with van der Waals surface area (Å²) in [5, 5.41) is 7.08. The highest BCUT2D eigenvalue weighted by molar-refractivity contribution is 6.30. The number of nitrogens with zero attached hydrogens (tertiary/aromatic N) is 2. The summed E-state index contributed by atoms with van der Waals surface area (Å²) in [6.45, 7) is 0. The van der Waals surface area contributed by atoms with E-state index in [0.717, 1.165) is 17.1 Å². The minimum atomic E-state index is 0.667. The quantitative estimate of drug-likeness (QED) is 0.716. The van der Waals surface area contributed by atoms with Gasteiger partial charge in [-0.1, -0.05) is 17.7 Å². The molecule has 0 saturated carbocycles. The highest BCUT2D eigenvalue weighted by Gasteiger charge is 2.01. The van der Waals surface area contributed by atoms with Gasteiger partial charge < -0.3 is 15.4 Å². The van der Waals surface area contributed by atoms with Crippen LogP contribution in [-0.2, 0) is 0 Å². The summed E-state index contributed by atoms with van der Waals surface area (Å²) < 4.78 is 5.14. The van der Waals surface area contributed by atoms with Gasteiger partial charge in [-0.05, 0) is 42.5 Å². The third-order valence-electron chi connectivity index (χ3n) is 3.13. The van der Waals surface area contributed by atoms with Crippen LogP contribution in [0.5, 0.6) is 5.75 Å². The molecule has 0 unspecified atom stereocenters. The van der Waals surface area contributed by atoms with Crippen molar-refractivity contribution in [3.05, 3.63) is 65.9 Å². The van der Waals surface area contributed by atoms with Crippen LogP contribution in [0.4, 0.5) is 23.0 Å². The Balaban J connectivity index is 1.74. The van der Waals surface area contributed by atoms with Crippen LogP contribution in [0.3, 0.4) is 0 Å². The Morgan fingerprint density at radius 3 is 2.22 bits per heavy atom. The first kappa shape index (κ1) is 15.1. The highest BCUT2D eigenvalue weighted by atomic mass is 35.5. The molecule has 23 heavy (non-hydrogen) atoms. The lowest BCUT2D eigenvalue weighted by Gasteiger charge is -2.09. The molecular formula is C17H15ClN4O. The van der Waals surface area contributed by atoms with Gasteiger partial charge in [-0.15, -0.1) is 0 Å². The maximum atomic E-state index is 5.98. The molecule has 2 aromatic carbocycles. The maximum Gasteiger partial charge on any atom is 0.135 e. The minimum Gasteiger partial charge on any atom is -0.497 e. The van der Waals surface area contributed by atoms with Gasteiger partial charge in [-0.25, -0.2) is 9.97 Å². The molecule has 1 heterocycles. The molecule has 0 aliphatic rings. The Morgan fingerprint density at radius 2 is 1.57 bits per heavy atom. The Morgan fingerprint density at radius 1 is 0.870 bits per heavy atom. The van der Waals surface area contributed by atoms with Crippen LogP contribution >= 0.6 is 11.6 Å². The van der Waals surface area contributed by atoms with Crippen LogP contribution in [0.1, 0.15) is 0 Å². The molecule has 1 aromatic heterocycles. The summed E-state index contributed by atoms with van der Waals surface area (Å²) in [6.07, 6.45) is 1.50. The minimum absolute atomic E-state index is 0.667. The van der Waals surface area contributed by atoms with Crippen LogP contribution in [-0.4, -0.2) is 17.1 Å². The van der Waals surface area contributed by atoms with Gasteiger partial charge in [-0.3, -0.25) is 0 Å². The number of anilines is 4. The number of ether oxygens (including phenoxy) is 1. The molecule has 0 aliphatic carbocycles. The lowest BCUT2D eigenvalue weighted by atomic mass is 10.3. The van der Waals surface area contributed by atoms with Crippen LogP contribution in [0.15, 0.2) is 60.9 Å². The van der Waals surface area contributed by atoms with Crippen molar-refractivity contribution in [3.63, 3.8) is 0 Å². The van der Waals surface area contributed by atoms with E-state index in [1.54, 1.807) is 7.11 Å². The average Bonchev–Trinajstić information content (AvgIpc) is 2.56. The number of halogens is 1. The van der Waals surface area contributed by atoms with E-state index in [2.05, 4.69) is 20.6 Å². The van der Waals surface area contributed by atoms with Crippen molar-refractivity contribution < 1.29 is 4.74 Å². The summed E-state index contributed by atoms with van der Waals surface area (Å²) in [5.74, 6) is 2.18. The molecule has 0 aliphatic heterocycles. The predicted molar refractivity (Wildman–Crippen MR) is 93.0 cm³/mol. The second kappa shape index (κ2) is 6.98. The number of aromatic nitrogens is 2. The molecule has 3 aromatic rings. The standard InChI is InChI=1S/C17H15ClN4O/c1-23-15-7-5-13(6-8-15)21-16-10-17(20-11-19-16)22-14-4-2-3-12(18)9-14/h2-11H,1H3,(H2,19,20,21,22). The molecular weight excluding hydrogens is 312 g/mol. The van der Waals surface area contributed by atoms with Gasteiger partial charge in [0.05, 0.1) is 7.11 Å². The molecule has 5 nitrogen and oxygen atoms in total. The van der Waals surface area contributed by atoms with E-state index < -0.39 is 0 Å². The fourth-order valence-corrected chi connectivity index (χ4v) is 2.22. The van der Waals surface area contributed by atoms with Crippen LogP contribution < -0.4 is 15.4 Å². The monoisotopic (exact) mass is 326 g/mol. The molecule has 6 heteroatoms. The van der Waals surface area contributed by atoms with E-state index in [-0.39, 0.29) is 0 Å². The second-order valence-electron chi connectivity index (χ2n) is 4.78. The zero-order valence-electron chi connectivity index (χ0n) is 12.5. The summed E-state index contributed by atoms with van der Waals surface area (Å²) in [7, 11) is 1.64. The number of hydrogen-bond donors (Lipinski definition) is 2. The smallest absolute Gasteiger partial charge is 0.135 e. The number of methoxy groups -OCH3 is 1. The van der Waals surface area contributed by atoms with Gasteiger partial charge in [0.2, 0.25) is 0 Å². The third kappa shape index (κ3) is 4.11. The number of nitrogens with one attached hydrogen (secondary N) is 2. The molecule has 2 N–H and O–H groups in total. The summed E-state index contributed by atoms with van der Waals surface area (Å²) in [6, 6.07) is 16.9.